The van der Waals surface area contributed by atoms with E-state index in [1.807, 2.05) is 0 Å². The van der Waals surface area contributed by atoms with Gasteiger partial charge in [-0.05, 0) is 44.4 Å². The Hall–Kier alpha value is -0.0800. The third-order valence-corrected chi connectivity index (χ3v) is 2.99. The Bertz CT molecular complexity index is 152. The summed E-state index contributed by atoms with van der Waals surface area (Å²) in [6.07, 6.45) is 5.72. The summed E-state index contributed by atoms with van der Waals surface area (Å²) in [5.74, 6) is 1.57. The maximum Gasteiger partial charge on any atom is 0.0756 e. The van der Waals surface area contributed by atoms with Gasteiger partial charge in [-0.25, -0.2) is 0 Å². The smallest absolute Gasteiger partial charge is 0.0756 e. The van der Waals surface area contributed by atoms with Gasteiger partial charge in [0.2, 0.25) is 0 Å². The van der Waals surface area contributed by atoms with Crippen molar-refractivity contribution in [2.75, 3.05) is 6.61 Å². The van der Waals surface area contributed by atoms with Crippen molar-refractivity contribution in [1.29, 1.82) is 0 Å². The second-order valence-corrected chi connectivity index (χ2v) is 4.17. The maximum atomic E-state index is 6.13. The van der Waals surface area contributed by atoms with Gasteiger partial charge in [-0.3, -0.25) is 0 Å². The molecule has 12 heavy (non-hydrogen) atoms. The Balaban J connectivity index is 1.84. The van der Waals surface area contributed by atoms with Crippen LogP contribution in [0.5, 0.6) is 0 Å². The molecule has 2 nitrogen and oxygen atoms in total. The first-order chi connectivity index (χ1) is 5.83. The summed E-state index contributed by atoms with van der Waals surface area (Å²) >= 11 is 0. The van der Waals surface area contributed by atoms with Crippen LogP contribution in [0.1, 0.15) is 32.6 Å². The molecule has 0 aromatic carbocycles. The van der Waals surface area contributed by atoms with Gasteiger partial charge in [0, 0.05) is 12.6 Å². The van der Waals surface area contributed by atoms with Crippen LogP contribution >= 0.6 is 0 Å². The van der Waals surface area contributed by atoms with E-state index in [2.05, 4.69) is 6.92 Å². The molecule has 2 fully saturated rings. The number of ether oxygens (including phenoxy) is 1. The van der Waals surface area contributed by atoms with Crippen molar-refractivity contribution in [2.45, 2.75) is 44.8 Å². The number of hydrogen-bond acceptors (Lipinski definition) is 2. The summed E-state index contributed by atoms with van der Waals surface area (Å²) in [5, 5.41) is 0. The van der Waals surface area contributed by atoms with E-state index in [0.29, 0.717) is 12.1 Å². The van der Waals surface area contributed by atoms with Gasteiger partial charge in [0.25, 0.3) is 0 Å². The van der Waals surface area contributed by atoms with Crippen LogP contribution in [0, 0.1) is 11.8 Å². The summed E-state index contributed by atoms with van der Waals surface area (Å²) in [4.78, 5) is 0. The lowest BCUT2D eigenvalue weighted by Crippen LogP contribution is -2.40. The van der Waals surface area contributed by atoms with Gasteiger partial charge in [0.1, 0.15) is 0 Å². The molecule has 2 N–H and O–H groups in total. The van der Waals surface area contributed by atoms with E-state index in [0.717, 1.165) is 18.4 Å². The SMILES string of the molecule is CCOC(C1CC1)C(N)C1CC1. The molecule has 2 unspecified atom stereocenters. The number of hydrogen-bond donors (Lipinski definition) is 1. The van der Waals surface area contributed by atoms with E-state index >= 15 is 0 Å². The molecule has 2 rings (SSSR count). The zero-order chi connectivity index (χ0) is 8.55. The first-order valence-corrected chi connectivity index (χ1v) is 5.20. The molecule has 0 saturated heterocycles. The van der Waals surface area contributed by atoms with Crippen molar-refractivity contribution in [3.05, 3.63) is 0 Å². The lowest BCUT2D eigenvalue weighted by atomic mass is 10.0. The second kappa shape index (κ2) is 3.35. The topological polar surface area (TPSA) is 35.2 Å². The van der Waals surface area contributed by atoms with Gasteiger partial charge >= 0.3 is 0 Å². The fourth-order valence-electron chi connectivity index (χ4n) is 1.93. The maximum absolute atomic E-state index is 6.13. The van der Waals surface area contributed by atoms with Crippen LogP contribution in [-0.2, 0) is 4.74 Å². The minimum Gasteiger partial charge on any atom is -0.377 e. The predicted molar refractivity (Wildman–Crippen MR) is 48.8 cm³/mol. The standard InChI is InChI=1S/C10H19NO/c1-2-12-10(8-5-6-8)9(11)7-3-4-7/h7-10H,2-6,11H2,1H3. The summed E-state index contributed by atoms with van der Waals surface area (Å²) in [7, 11) is 0. The first kappa shape index (κ1) is 8.52. The van der Waals surface area contributed by atoms with E-state index in [1.54, 1.807) is 0 Å². The van der Waals surface area contributed by atoms with Crippen LogP contribution in [0.4, 0.5) is 0 Å². The molecule has 70 valence electrons. The van der Waals surface area contributed by atoms with Crippen LogP contribution in [0.15, 0.2) is 0 Å². The van der Waals surface area contributed by atoms with Crippen molar-refractivity contribution in [3.8, 4) is 0 Å². The van der Waals surface area contributed by atoms with Gasteiger partial charge in [0.05, 0.1) is 6.10 Å². The van der Waals surface area contributed by atoms with Crippen LogP contribution in [0.2, 0.25) is 0 Å². The van der Waals surface area contributed by atoms with Gasteiger partial charge in [0.15, 0.2) is 0 Å². The van der Waals surface area contributed by atoms with Gasteiger partial charge in [-0.2, -0.15) is 0 Å². The molecule has 2 saturated carbocycles. The minimum atomic E-state index is 0.331. The fraction of sp³-hybridized carbons (Fsp3) is 1.00. The largest absolute Gasteiger partial charge is 0.377 e. The lowest BCUT2D eigenvalue weighted by Gasteiger charge is -2.23. The van der Waals surface area contributed by atoms with Crippen molar-refractivity contribution in [3.63, 3.8) is 0 Å². The van der Waals surface area contributed by atoms with Crippen LogP contribution < -0.4 is 5.73 Å². The van der Waals surface area contributed by atoms with Gasteiger partial charge in [-0.1, -0.05) is 0 Å². The first-order valence-electron chi connectivity index (χ1n) is 5.20. The number of rotatable bonds is 5. The fourth-order valence-corrected chi connectivity index (χ4v) is 1.93. The third kappa shape index (κ3) is 1.80. The summed E-state index contributed by atoms with van der Waals surface area (Å²) < 4.78 is 5.70. The lowest BCUT2D eigenvalue weighted by molar-refractivity contribution is 0.0237. The molecule has 2 aliphatic rings. The van der Waals surface area contributed by atoms with Gasteiger partial charge in [-0.15, -0.1) is 0 Å². The molecule has 0 spiro atoms. The quantitative estimate of drug-likeness (QED) is 0.677. The zero-order valence-corrected chi connectivity index (χ0v) is 7.83. The molecule has 2 aliphatic carbocycles. The molecule has 0 aliphatic heterocycles. The molecule has 0 aromatic rings. The van der Waals surface area contributed by atoms with Crippen molar-refractivity contribution < 1.29 is 4.74 Å². The van der Waals surface area contributed by atoms with E-state index in [9.17, 15) is 0 Å². The van der Waals surface area contributed by atoms with Crippen molar-refractivity contribution in [2.24, 2.45) is 17.6 Å². The summed E-state index contributed by atoms with van der Waals surface area (Å²) in [6.45, 7) is 2.89. The van der Waals surface area contributed by atoms with Gasteiger partial charge < -0.3 is 10.5 Å². The summed E-state index contributed by atoms with van der Waals surface area (Å²) in [5.41, 5.74) is 6.13. The van der Waals surface area contributed by atoms with Crippen LogP contribution in [0.3, 0.4) is 0 Å². The molecular weight excluding hydrogens is 150 g/mol. The average Bonchev–Trinajstić information content (AvgIpc) is 2.88. The Kier molecular flexibility index (Phi) is 2.37. The highest BCUT2D eigenvalue weighted by molar-refractivity contribution is 4.96. The molecule has 0 aromatic heterocycles. The summed E-state index contributed by atoms with van der Waals surface area (Å²) in [6, 6.07) is 0.331. The molecular formula is C10H19NO. The second-order valence-electron chi connectivity index (χ2n) is 4.17. The highest BCUT2D eigenvalue weighted by Gasteiger charge is 2.41. The normalized spacial score (nSPS) is 28.5. The Labute approximate surface area is 74.5 Å². The molecule has 0 amide bonds. The van der Waals surface area contributed by atoms with E-state index in [-0.39, 0.29) is 0 Å². The highest BCUT2D eigenvalue weighted by Crippen LogP contribution is 2.41. The van der Waals surface area contributed by atoms with E-state index in [1.165, 1.54) is 25.7 Å². The molecule has 0 bridgehead atoms. The molecule has 2 atom stereocenters. The Morgan fingerprint density at radius 3 is 2.25 bits per heavy atom. The van der Waals surface area contributed by atoms with Crippen molar-refractivity contribution in [1.82, 2.24) is 0 Å². The Morgan fingerprint density at radius 2 is 1.83 bits per heavy atom. The highest BCUT2D eigenvalue weighted by atomic mass is 16.5. The van der Waals surface area contributed by atoms with Crippen molar-refractivity contribution >= 4 is 0 Å². The molecule has 0 radical (unpaired) electrons. The molecule has 0 heterocycles. The third-order valence-electron chi connectivity index (χ3n) is 2.99. The predicted octanol–water partition coefficient (Wildman–Crippen LogP) is 1.54. The minimum absolute atomic E-state index is 0.331. The van der Waals surface area contributed by atoms with E-state index < -0.39 is 0 Å². The van der Waals surface area contributed by atoms with Crippen LogP contribution in [-0.4, -0.2) is 18.8 Å². The average molecular weight is 169 g/mol. The number of nitrogens with two attached hydrogens (primary N) is 1. The monoisotopic (exact) mass is 169 g/mol. The van der Waals surface area contributed by atoms with Crippen LogP contribution in [0.25, 0.3) is 0 Å². The Morgan fingerprint density at radius 1 is 1.25 bits per heavy atom. The zero-order valence-electron chi connectivity index (χ0n) is 7.83. The van der Waals surface area contributed by atoms with E-state index in [4.69, 9.17) is 10.5 Å². The molecule has 2 heteroatoms.